The average molecular weight is 507 g/mol. The smallest absolute Gasteiger partial charge is 0.333 e. The van der Waals surface area contributed by atoms with Gasteiger partial charge in [-0.05, 0) is 86.8 Å². The van der Waals surface area contributed by atoms with Gasteiger partial charge in [0.2, 0.25) is 0 Å². The molecular formula is C32H42O5. The van der Waals surface area contributed by atoms with Crippen molar-refractivity contribution in [1.29, 1.82) is 0 Å². The van der Waals surface area contributed by atoms with Gasteiger partial charge in [0.25, 0.3) is 0 Å². The van der Waals surface area contributed by atoms with Gasteiger partial charge in [-0.1, -0.05) is 62.8 Å². The number of carbonyl (C=O) groups excluding carboxylic acids is 1. The molecule has 0 saturated heterocycles. The summed E-state index contributed by atoms with van der Waals surface area (Å²) in [5.74, 6) is 1.32. The molecule has 2 aromatic rings. The molecule has 5 nitrogen and oxygen atoms in total. The monoisotopic (exact) mass is 506 g/mol. The zero-order chi connectivity index (χ0) is 26.9. The molecule has 0 heterocycles. The number of ether oxygens (including phenoxy) is 3. The van der Waals surface area contributed by atoms with Gasteiger partial charge >= 0.3 is 5.97 Å². The first-order chi connectivity index (χ1) is 17.9. The van der Waals surface area contributed by atoms with Gasteiger partial charge in [0, 0.05) is 5.57 Å². The molecule has 1 N–H and O–H groups in total. The lowest BCUT2D eigenvalue weighted by molar-refractivity contribution is -0.139. The second kappa shape index (κ2) is 17.2. The molecule has 0 aliphatic carbocycles. The van der Waals surface area contributed by atoms with Crippen molar-refractivity contribution in [2.24, 2.45) is 0 Å². The molecule has 0 bridgehead atoms. The van der Waals surface area contributed by atoms with E-state index in [-0.39, 0.29) is 18.5 Å². The van der Waals surface area contributed by atoms with Crippen LogP contribution in [0.3, 0.4) is 0 Å². The molecule has 1 unspecified atom stereocenters. The topological polar surface area (TPSA) is 65.0 Å². The Labute approximate surface area is 222 Å². The third-order valence-electron chi connectivity index (χ3n) is 6.16. The van der Waals surface area contributed by atoms with Crippen molar-refractivity contribution in [2.75, 3.05) is 13.2 Å². The average Bonchev–Trinajstić information content (AvgIpc) is 2.91. The van der Waals surface area contributed by atoms with E-state index in [2.05, 4.69) is 32.2 Å². The zero-order valence-corrected chi connectivity index (χ0v) is 22.4. The zero-order valence-electron chi connectivity index (χ0n) is 22.4. The minimum Gasteiger partial charge on any atom is -0.462 e. The van der Waals surface area contributed by atoms with E-state index in [0.717, 1.165) is 42.6 Å². The Morgan fingerprint density at radius 3 is 2.11 bits per heavy atom. The van der Waals surface area contributed by atoms with Gasteiger partial charge in [0.1, 0.15) is 24.0 Å². The highest BCUT2D eigenvalue weighted by molar-refractivity contribution is 5.86. The fourth-order valence-electron chi connectivity index (χ4n) is 3.92. The molecule has 1 atom stereocenters. The van der Waals surface area contributed by atoms with Gasteiger partial charge in [-0.3, -0.25) is 0 Å². The van der Waals surface area contributed by atoms with E-state index >= 15 is 0 Å². The molecule has 0 radical (unpaired) electrons. The van der Waals surface area contributed by atoms with Crippen LogP contribution < -0.4 is 9.47 Å². The van der Waals surface area contributed by atoms with Gasteiger partial charge in [0.15, 0.2) is 0 Å². The van der Waals surface area contributed by atoms with Crippen LogP contribution in [0, 0.1) is 0 Å². The minimum atomic E-state index is -0.368. The summed E-state index contributed by atoms with van der Waals surface area (Å²) in [5.41, 5.74) is 3.70. The molecule has 200 valence electrons. The Morgan fingerprint density at radius 2 is 1.54 bits per heavy atom. The summed E-state index contributed by atoms with van der Waals surface area (Å²) in [4.78, 5) is 11.7. The third kappa shape index (κ3) is 12.0. The Bertz CT molecular complexity index is 989. The fraction of sp³-hybridized carbons (Fsp3) is 0.406. The Hall–Kier alpha value is -3.31. The Morgan fingerprint density at radius 1 is 0.919 bits per heavy atom. The summed E-state index contributed by atoms with van der Waals surface area (Å²) < 4.78 is 16.7. The van der Waals surface area contributed by atoms with Crippen LogP contribution in [-0.2, 0) is 16.0 Å². The van der Waals surface area contributed by atoms with Crippen molar-refractivity contribution in [3.8, 4) is 11.5 Å². The van der Waals surface area contributed by atoms with E-state index in [4.69, 9.17) is 14.2 Å². The van der Waals surface area contributed by atoms with Crippen molar-refractivity contribution < 1.29 is 24.1 Å². The Kier molecular flexibility index (Phi) is 13.9. The number of benzene rings is 2. The lowest BCUT2D eigenvalue weighted by atomic mass is 9.90. The number of hydrogen-bond acceptors (Lipinski definition) is 5. The van der Waals surface area contributed by atoms with Crippen LogP contribution in [0.1, 0.15) is 75.8 Å². The number of rotatable bonds is 18. The Balaban J connectivity index is 1.87. The van der Waals surface area contributed by atoms with E-state index in [0.29, 0.717) is 24.4 Å². The molecule has 0 aliphatic heterocycles. The van der Waals surface area contributed by atoms with E-state index in [1.807, 2.05) is 36.4 Å². The highest BCUT2D eigenvalue weighted by atomic mass is 16.5. The summed E-state index contributed by atoms with van der Waals surface area (Å²) in [6.45, 7) is 11.7. The summed E-state index contributed by atoms with van der Waals surface area (Å²) in [6, 6.07) is 16.1. The molecule has 2 rings (SSSR count). The van der Waals surface area contributed by atoms with Crippen LogP contribution in [0.25, 0.3) is 0 Å². The van der Waals surface area contributed by atoms with Crippen molar-refractivity contribution in [2.45, 2.75) is 71.1 Å². The summed E-state index contributed by atoms with van der Waals surface area (Å²) >= 11 is 0. The van der Waals surface area contributed by atoms with Gasteiger partial charge in [-0.15, -0.1) is 0 Å². The fourth-order valence-corrected chi connectivity index (χ4v) is 3.92. The predicted octanol–water partition coefficient (Wildman–Crippen LogP) is 7.66. The number of esters is 1. The maximum Gasteiger partial charge on any atom is 0.333 e. The largest absolute Gasteiger partial charge is 0.462 e. The lowest BCUT2D eigenvalue weighted by Gasteiger charge is -2.18. The number of unbranched alkanes of at least 4 members (excludes halogenated alkanes) is 2. The molecular weight excluding hydrogens is 464 g/mol. The van der Waals surface area contributed by atoms with Gasteiger partial charge < -0.3 is 19.3 Å². The maximum atomic E-state index is 11.7. The van der Waals surface area contributed by atoms with Gasteiger partial charge in [-0.25, -0.2) is 4.79 Å². The molecule has 5 heteroatoms. The number of hydrogen-bond donors (Lipinski definition) is 1. The van der Waals surface area contributed by atoms with Gasteiger partial charge in [-0.2, -0.15) is 0 Å². The minimum absolute atomic E-state index is 0.00845. The molecule has 0 fully saturated rings. The highest BCUT2D eigenvalue weighted by Crippen LogP contribution is 2.28. The molecule has 37 heavy (non-hydrogen) atoms. The first-order valence-corrected chi connectivity index (χ1v) is 13.2. The predicted molar refractivity (Wildman–Crippen MR) is 150 cm³/mol. The van der Waals surface area contributed by atoms with Crippen molar-refractivity contribution in [1.82, 2.24) is 0 Å². The van der Waals surface area contributed by atoms with Crippen molar-refractivity contribution in [3.05, 3.63) is 96.5 Å². The second-order valence-electron chi connectivity index (χ2n) is 9.38. The van der Waals surface area contributed by atoms with Crippen LogP contribution in [0.5, 0.6) is 11.5 Å². The maximum absolute atomic E-state index is 11.7. The summed E-state index contributed by atoms with van der Waals surface area (Å²) in [7, 11) is 0. The quantitative estimate of drug-likeness (QED) is 0.0739. The lowest BCUT2D eigenvalue weighted by Crippen LogP contribution is -2.10. The SMILES string of the molecule is C=C(CO)CCCC(CCOC(=O)C(=C)C)c1ccc(O/C=C\Oc2ccc(CCCCC)cc2)cc1. The summed E-state index contributed by atoms with van der Waals surface area (Å²) in [5, 5.41) is 9.21. The van der Waals surface area contributed by atoms with Crippen LogP contribution in [0.15, 0.2) is 85.4 Å². The third-order valence-corrected chi connectivity index (χ3v) is 6.16. The number of aliphatic hydroxyl groups is 1. The van der Waals surface area contributed by atoms with Crippen molar-refractivity contribution >= 4 is 5.97 Å². The van der Waals surface area contributed by atoms with E-state index in [9.17, 15) is 9.90 Å². The molecule has 0 aliphatic rings. The number of aryl methyl sites for hydroxylation is 1. The van der Waals surface area contributed by atoms with Crippen LogP contribution in [-0.4, -0.2) is 24.3 Å². The molecule has 0 saturated carbocycles. The van der Waals surface area contributed by atoms with Gasteiger partial charge in [0.05, 0.1) is 13.2 Å². The summed E-state index contributed by atoms with van der Waals surface area (Å²) in [6.07, 6.45) is 11.1. The highest BCUT2D eigenvalue weighted by Gasteiger charge is 2.14. The van der Waals surface area contributed by atoms with Crippen LogP contribution in [0.4, 0.5) is 0 Å². The standard InChI is InChI=1S/C32H42O5/c1-5-6-7-10-27-12-16-30(17-13-27)35-22-23-36-31-18-14-29(15-19-31)28(11-8-9-26(4)24-33)20-21-37-32(34)25(2)3/h12-19,22-23,28,33H,2,4-11,20-21,24H2,1,3H3/b23-22-. The molecule has 0 spiro atoms. The van der Waals surface area contributed by atoms with Crippen LogP contribution in [0.2, 0.25) is 0 Å². The van der Waals surface area contributed by atoms with Crippen LogP contribution >= 0.6 is 0 Å². The number of aliphatic hydroxyl groups excluding tert-OH is 1. The first kappa shape index (κ1) is 29.9. The first-order valence-electron chi connectivity index (χ1n) is 13.2. The molecule has 0 amide bonds. The van der Waals surface area contributed by atoms with Crippen molar-refractivity contribution in [3.63, 3.8) is 0 Å². The normalized spacial score (nSPS) is 11.8. The van der Waals surface area contributed by atoms with E-state index in [1.54, 1.807) is 6.92 Å². The number of carbonyl (C=O) groups is 1. The molecule has 0 aromatic heterocycles. The molecule has 2 aromatic carbocycles. The second-order valence-corrected chi connectivity index (χ2v) is 9.38. The van der Waals surface area contributed by atoms with E-state index in [1.165, 1.54) is 37.4 Å². The van der Waals surface area contributed by atoms with E-state index < -0.39 is 0 Å².